The molecule has 4 aromatic rings. The first-order chi connectivity index (χ1) is 14.7. The number of aryl methyl sites for hydroxylation is 1. The maximum absolute atomic E-state index is 5.77. The Bertz CT molecular complexity index is 1130. The van der Waals surface area contributed by atoms with Gasteiger partial charge in [0, 0.05) is 16.5 Å². The molecule has 0 aliphatic rings. The summed E-state index contributed by atoms with van der Waals surface area (Å²) in [4.78, 5) is 3.65. The van der Waals surface area contributed by atoms with Crippen molar-refractivity contribution in [3.05, 3.63) is 72.3 Å². The summed E-state index contributed by atoms with van der Waals surface area (Å²) in [7, 11) is 3.39. The second-order valence-electron chi connectivity index (χ2n) is 7.42. The highest BCUT2D eigenvalue weighted by molar-refractivity contribution is 5.94. The first-order valence-electron chi connectivity index (χ1n) is 10.4. The van der Waals surface area contributed by atoms with Crippen molar-refractivity contribution < 1.29 is 9.47 Å². The highest BCUT2D eigenvalue weighted by Crippen LogP contribution is 2.39. The number of hydrogen-bond donors (Lipinski definition) is 2. The van der Waals surface area contributed by atoms with E-state index in [1.54, 1.807) is 14.2 Å². The van der Waals surface area contributed by atoms with E-state index in [0.717, 1.165) is 47.5 Å². The van der Waals surface area contributed by atoms with E-state index in [1.165, 1.54) is 22.1 Å². The Morgan fingerprint density at radius 2 is 1.67 bits per heavy atom. The lowest BCUT2D eigenvalue weighted by Gasteiger charge is -2.12. The minimum absolute atomic E-state index is 0.704. The van der Waals surface area contributed by atoms with Crippen LogP contribution in [0.5, 0.6) is 11.5 Å². The molecule has 4 rings (SSSR count). The number of methoxy groups -OCH3 is 2. The molecule has 0 atom stereocenters. The number of aromatic nitrogens is 1. The molecule has 3 aromatic carbocycles. The van der Waals surface area contributed by atoms with Crippen LogP contribution in [0.4, 0.5) is 0 Å². The summed E-state index contributed by atoms with van der Waals surface area (Å²) in [5, 5.41) is 1.24. The van der Waals surface area contributed by atoms with E-state index < -0.39 is 0 Å². The number of unbranched alkanes of at least 4 members (excludes halogenated alkanes) is 1. The molecule has 0 radical (unpaired) electrons. The third kappa shape index (κ3) is 3.91. The third-order valence-corrected chi connectivity index (χ3v) is 5.57. The van der Waals surface area contributed by atoms with E-state index in [4.69, 9.17) is 15.2 Å². The van der Waals surface area contributed by atoms with E-state index in [-0.39, 0.29) is 0 Å². The smallest absolute Gasteiger partial charge is 0.128 e. The van der Waals surface area contributed by atoms with Crippen LogP contribution in [0.25, 0.3) is 33.3 Å². The van der Waals surface area contributed by atoms with Gasteiger partial charge in [-0.3, -0.25) is 0 Å². The molecule has 0 aliphatic heterocycles. The van der Waals surface area contributed by atoms with Gasteiger partial charge in [0.15, 0.2) is 0 Å². The van der Waals surface area contributed by atoms with Crippen molar-refractivity contribution in [3.63, 3.8) is 0 Å². The predicted octanol–water partition coefficient (Wildman–Crippen LogP) is 5.80. The number of nitrogens with two attached hydrogens (primary N) is 1. The molecular weight excluding hydrogens is 372 g/mol. The second-order valence-corrected chi connectivity index (χ2v) is 7.42. The molecule has 0 spiro atoms. The van der Waals surface area contributed by atoms with Gasteiger partial charge in [-0.15, -0.1) is 0 Å². The Kier molecular flexibility index (Phi) is 6.05. The highest BCUT2D eigenvalue weighted by Gasteiger charge is 2.18. The van der Waals surface area contributed by atoms with Crippen molar-refractivity contribution in [1.29, 1.82) is 0 Å². The van der Waals surface area contributed by atoms with Gasteiger partial charge < -0.3 is 20.2 Å². The molecule has 3 N–H and O–H groups in total. The van der Waals surface area contributed by atoms with E-state index in [2.05, 4.69) is 47.4 Å². The molecule has 0 fully saturated rings. The summed E-state index contributed by atoms with van der Waals surface area (Å²) in [5.41, 5.74) is 12.7. The summed E-state index contributed by atoms with van der Waals surface area (Å²) in [6, 6.07) is 23.0. The number of aromatic amines is 1. The highest BCUT2D eigenvalue weighted by atomic mass is 16.5. The monoisotopic (exact) mass is 400 g/mol. The minimum atomic E-state index is 0.704. The fraction of sp³-hybridized carbons (Fsp3) is 0.231. The van der Waals surface area contributed by atoms with Crippen molar-refractivity contribution in [1.82, 2.24) is 4.98 Å². The normalized spacial score (nSPS) is 11.0. The molecule has 0 bridgehead atoms. The van der Waals surface area contributed by atoms with Crippen LogP contribution in [0.2, 0.25) is 0 Å². The molecular formula is C26H28N2O2. The van der Waals surface area contributed by atoms with Crippen molar-refractivity contribution in [2.75, 3.05) is 20.8 Å². The second kappa shape index (κ2) is 9.06. The Labute approximate surface area is 177 Å². The lowest BCUT2D eigenvalue weighted by molar-refractivity contribution is 0.404. The first kappa shape index (κ1) is 20.0. The third-order valence-electron chi connectivity index (χ3n) is 5.57. The maximum atomic E-state index is 5.77. The fourth-order valence-corrected chi connectivity index (χ4v) is 4.00. The van der Waals surface area contributed by atoms with Crippen molar-refractivity contribution in [3.8, 4) is 33.9 Å². The molecule has 0 amide bonds. The molecule has 154 valence electrons. The molecule has 0 saturated heterocycles. The number of rotatable bonds is 8. The minimum Gasteiger partial charge on any atom is -0.497 e. The number of H-pyrrole nitrogens is 1. The van der Waals surface area contributed by atoms with Gasteiger partial charge >= 0.3 is 0 Å². The Balaban J connectivity index is 1.90. The van der Waals surface area contributed by atoms with Crippen molar-refractivity contribution >= 4 is 10.9 Å². The average Bonchev–Trinajstić information content (AvgIpc) is 3.17. The molecule has 4 heteroatoms. The molecule has 30 heavy (non-hydrogen) atoms. The summed E-state index contributed by atoms with van der Waals surface area (Å²) < 4.78 is 11.2. The lowest BCUT2D eigenvalue weighted by Crippen LogP contribution is -1.99. The number of benzene rings is 3. The van der Waals surface area contributed by atoms with Crippen LogP contribution in [0.1, 0.15) is 18.4 Å². The first-order valence-corrected chi connectivity index (χ1v) is 10.4. The van der Waals surface area contributed by atoms with E-state index in [9.17, 15) is 0 Å². The summed E-state index contributed by atoms with van der Waals surface area (Å²) in [6.07, 6.45) is 2.99. The molecule has 1 aromatic heterocycles. The zero-order chi connectivity index (χ0) is 20.9. The number of ether oxygens (including phenoxy) is 2. The topological polar surface area (TPSA) is 60.3 Å². The van der Waals surface area contributed by atoms with Crippen LogP contribution in [-0.2, 0) is 6.42 Å². The van der Waals surface area contributed by atoms with Crippen LogP contribution in [-0.4, -0.2) is 25.7 Å². The van der Waals surface area contributed by atoms with Gasteiger partial charge in [0.05, 0.1) is 19.9 Å². The zero-order valence-corrected chi connectivity index (χ0v) is 17.6. The van der Waals surface area contributed by atoms with E-state index in [0.29, 0.717) is 6.54 Å². The van der Waals surface area contributed by atoms with E-state index in [1.807, 2.05) is 24.3 Å². The Morgan fingerprint density at radius 3 is 2.40 bits per heavy atom. The van der Waals surface area contributed by atoms with Crippen molar-refractivity contribution in [2.45, 2.75) is 19.3 Å². The van der Waals surface area contributed by atoms with Crippen LogP contribution < -0.4 is 15.2 Å². The Morgan fingerprint density at radius 1 is 0.833 bits per heavy atom. The number of fused-ring (bicyclic) bond motifs is 1. The van der Waals surface area contributed by atoms with Crippen molar-refractivity contribution in [2.24, 2.45) is 5.73 Å². The zero-order valence-electron chi connectivity index (χ0n) is 17.6. The number of hydrogen-bond acceptors (Lipinski definition) is 3. The standard InChI is InChI=1S/C26H28N2O2/c1-29-20-12-14-25(30-2)23(17-20)26-21(10-6-7-15-27)22-16-19(11-13-24(22)28-26)18-8-4-3-5-9-18/h3-5,8-9,11-14,16-17,28H,6-7,10,15,27H2,1-2H3. The lowest BCUT2D eigenvalue weighted by atomic mass is 9.97. The van der Waals surface area contributed by atoms with Gasteiger partial charge in [-0.1, -0.05) is 36.4 Å². The fourth-order valence-electron chi connectivity index (χ4n) is 4.00. The van der Waals surface area contributed by atoms with Gasteiger partial charge in [0.2, 0.25) is 0 Å². The quantitative estimate of drug-likeness (QED) is 0.367. The SMILES string of the molecule is COc1ccc(OC)c(-c2[nH]c3ccc(-c4ccccc4)cc3c2CCCCN)c1. The van der Waals surface area contributed by atoms with Crippen LogP contribution in [0, 0.1) is 0 Å². The van der Waals surface area contributed by atoms with Gasteiger partial charge in [0.1, 0.15) is 11.5 Å². The summed E-state index contributed by atoms with van der Waals surface area (Å²) in [5.74, 6) is 1.63. The number of nitrogens with one attached hydrogen (secondary N) is 1. The molecule has 4 nitrogen and oxygen atoms in total. The van der Waals surface area contributed by atoms with Gasteiger partial charge in [-0.25, -0.2) is 0 Å². The van der Waals surface area contributed by atoms with Crippen LogP contribution >= 0.6 is 0 Å². The van der Waals surface area contributed by atoms with Crippen LogP contribution in [0.15, 0.2) is 66.7 Å². The molecule has 0 aliphatic carbocycles. The Hall–Kier alpha value is -3.24. The van der Waals surface area contributed by atoms with E-state index >= 15 is 0 Å². The molecule has 0 saturated carbocycles. The van der Waals surface area contributed by atoms with Gasteiger partial charge in [-0.2, -0.15) is 0 Å². The van der Waals surface area contributed by atoms with Gasteiger partial charge in [-0.05, 0) is 72.8 Å². The summed E-state index contributed by atoms with van der Waals surface area (Å²) >= 11 is 0. The molecule has 1 heterocycles. The van der Waals surface area contributed by atoms with Crippen LogP contribution in [0.3, 0.4) is 0 Å². The molecule has 0 unspecified atom stereocenters. The predicted molar refractivity (Wildman–Crippen MR) is 124 cm³/mol. The van der Waals surface area contributed by atoms with Gasteiger partial charge in [0.25, 0.3) is 0 Å². The largest absolute Gasteiger partial charge is 0.497 e. The maximum Gasteiger partial charge on any atom is 0.128 e. The summed E-state index contributed by atoms with van der Waals surface area (Å²) in [6.45, 7) is 0.704. The average molecular weight is 401 g/mol.